The number of aromatic nitrogens is 2. The van der Waals surface area contributed by atoms with Crippen molar-refractivity contribution in [3.8, 4) is 6.07 Å². The molecule has 0 unspecified atom stereocenters. The van der Waals surface area contributed by atoms with E-state index >= 15 is 0 Å². The summed E-state index contributed by atoms with van der Waals surface area (Å²) in [6.07, 6.45) is 0. The van der Waals surface area contributed by atoms with Crippen molar-refractivity contribution in [2.24, 2.45) is 0 Å². The summed E-state index contributed by atoms with van der Waals surface area (Å²) in [6.45, 7) is 0. The van der Waals surface area contributed by atoms with Gasteiger partial charge in [0, 0.05) is 5.69 Å². The van der Waals surface area contributed by atoms with Gasteiger partial charge in [0.1, 0.15) is 6.07 Å². The highest BCUT2D eigenvalue weighted by Crippen LogP contribution is 2.31. The van der Waals surface area contributed by atoms with E-state index in [1.54, 1.807) is 24.3 Å². The molecule has 0 amide bonds. The minimum atomic E-state index is 0.244. The van der Waals surface area contributed by atoms with Gasteiger partial charge in [-0.1, -0.05) is 23.2 Å². The van der Waals surface area contributed by atoms with Crippen LogP contribution in [0.2, 0.25) is 10.0 Å². The third kappa shape index (κ3) is 2.62. The van der Waals surface area contributed by atoms with Gasteiger partial charge >= 0.3 is 0 Å². The van der Waals surface area contributed by atoms with Crippen LogP contribution in [0.15, 0.2) is 24.3 Å². The lowest BCUT2D eigenvalue weighted by molar-refractivity contribution is 1.01. The summed E-state index contributed by atoms with van der Waals surface area (Å²) >= 11 is 11.8. The number of halogens is 2. The van der Waals surface area contributed by atoms with Crippen LogP contribution < -0.4 is 11.1 Å². The Balaban J connectivity index is 2.26. The second-order valence-electron chi connectivity index (χ2n) is 3.39. The summed E-state index contributed by atoms with van der Waals surface area (Å²) in [7, 11) is 0. The van der Waals surface area contributed by atoms with Crippen molar-refractivity contribution in [2.45, 2.75) is 0 Å². The second-order valence-corrected chi connectivity index (χ2v) is 4.21. The predicted molar refractivity (Wildman–Crippen MR) is 70.9 cm³/mol. The Bertz CT molecular complexity index is 595. The topological polar surface area (TPSA) is 87.6 Å². The number of nitrogens with two attached hydrogens (primary N) is 1. The van der Waals surface area contributed by atoms with Crippen molar-refractivity contribution in [1.82, 2.24) is 10.2 Å². The number of nitrogens with one attached hydrogen (secondary N) is 1. The highest BCUT2D eigenvalue weighted by Gasteiger charge is 2.05. The van der Waals surface area contributed by atoms with E-state index < -0.39 is 0 Å². The van der Waals surface area contributed by atoms with Crippen molar-refractivity contribution >= 4 is 40.4 Å². The number of nitriles is 1. The zero-order chi connectivity index (χ0) is 13.1. The monoisotopic (exact) mass is 279 g/mol. The fourth-order valence-corrected chi connectivity index (χ4v) is 1.75. The first-order valence-corrected chi connectivity index (χ1v) is 5.61. The fraction of sp³-hybridized carbons (Fsp3) is 0. The van der Waals surface area contributed by atoms with Crippen LogP contribution in [0.3, 0.4) is 0 Å². The van der Waals surface area contributed by atoms with Crippen molar-refractivity contribution in [2.75, 3.05) is 11.1 Å². The van der Waals surface area contributed by atoms with Gasteiger partial charge in [-0.2, -0.15) is 5.26 Å². The summed E-state index contributed by atoms with van der Waals surface area (Å²) in [4.78, 5) is 0. The van der Waals surface area contributed by atoms with Crippen molar-refractivity contribution in [3.05, 3.63) is 40.0 Å². The maximum absolute atomic E-state index is 8.60. The molecule has 0 aliphatic rings. The summed E-state index contributed by atoms with van der Waals surface area (Å²) in [5.74, 6) is 0.478. The molecule has 0 bridgehead atoms. The van der Waals surface area contributed by atoms with Gasteiger partial charge in [0.25, 0.3) is 0 Å². The molecular weight excluding hydrogens is 273 g/mol. The zero-order valence-electron chi connectivity index (χ0n) is 8.98. The van der Waals surface area contributed by atoms with Crippen LogP contribution in [0.4, 0.5) is 17.2 Å². The quantitative estimate of drug-likeness (QED) is 0.825. The van der Waals surface area contributed by atoms with Gasteiger partial charge in [-0.3, -0.25) is 0 Å². The first kappa shape index (κ1) is 12.4. The van der Waals surface area contributed by atoms with Gasteiger partial charge in [0.15, 0.2) is 11.5 Å². The molecule has 0 saturated heterocycles. The first-order valence-electron chi connectivity index (χ1n) is 4.85. The Hall–Kier alpha value is -2.03. The van der Waals surface area contributed by atoms with E-state index in [2.05, 4.69) is 15.5 Å². The molecule has 0 radical (unpaired) electrons. The largest absolute Gasteiger partial charge is 0.396 e. The normalized spacial score (nSPS) is 9.83. The molecule has 2 rings (SSSR count). The minimum Gasteiger partial charge on any atom is -0.396 e. The average molecular weight is 280 g/mol. The van der Waals surface area contributed by atoms with E-state index in [1.807, 2.05) is 6.07 Å². The maximum Gasteiger partial charge on any atom is 0.163 e. The smallest absolute Gasteiger partial charge is 0.163 e. The molecule has 3 N–H and O–H groups in total. The lowest BCUT2D eigenvalue weighted by Crippen LogP contribution is -1.97. The van der Waals surface area contributed by atoms with E-state index in [0.717, 1.165) is 0 Å². The minimum absolute atomic E-state index is 0.244. The SMILES string of the molecule is N#Cc1ccc(Nc2cc(Cl)c(N)c(Cl)c2)nn1. The van der Waals surface area contributed by atoms with Crippen LogP contribution in [0.1, 0.15) is 5.69 Å². The second kappa shape index (κ2) is 5.08. The molecule has 2 aromatic rings. The van der Waals surface area contributed by atoms with Crippen LogP contribution in [0.25, 0.3) is 0 Å². The van der Waals surface area contributed by atoms with Gasteiger partial charge in [0.05, 0.1) is 15.7 Å². The van der Waals surface area contributed by atoms with Crippen molar-refractivity contribution in [3.63, 3.8) is 0 Å². The lowest BCUT2D eigenvalue weighted by Gasteiger charge is -2.08. The Kier molecular flexibility index (Phi) is 3.51. The Labute approximate surface area is 113 Å². The molecule has 1 aromatic carbocycles. The summed E-state index contributed by atoms with van der Waals surface area (Å²) in [5, 5.41) is 19.8. The van der Waals surface area contributed by atoms with Crippen LogP contribution in [0, 0.1) is 11.3 Å². The molecular formula is C11H7Cl2N5. The molecule has 0 aliphatic heterocycles. The Morgan fingerprint density at radius 2 is 1.83 bits per heavy atom. The van der Waals surface area contributed by atoms with Crippen LogP contribution in [-0.2, 0) is 0 Å². The van der Waals surface area contributed by atoms with Gasteiger partial charge < -0.3 is 11.1 Å². The molecule has 0 fully saturated rings. The summed E-state index contributed by atoms with van der Waals surface area (Å²) in [5.41, 5.74) is 6.84. The molecule has 5 nitrogen and oxygen atoms in total. The standard InChI is InChI=1S/C11H7Cl2N5/c12-8-3-7(4-9(13)11(8)15)16-10-2-1-6(5-14)17-18-10/h1-4H,15H2,(H,16,18). The zero-order valence-corrected chi connectivity index (χ0v) is 10.5. The molecule has 0 aliphatic carbocycles. The fourth-order valence-electron chi connectivity index (χ4n) is 1.26. The van der Waals surface area contributed by atoms with E-state index in [4.69, 9.17) is 34.2 Å². The van der Waals surface area contributed by atoms with Crippen LogP contribution in [-0.4, -0.2) is 10.2 Å². The maximum atomic E-state index is 8.60. The first-order chi connectivity index (χ1) is 8.60. The van der Waals surface area contributed by atoms with Gasteiger partial charge in [-0.15, -0.1) is 10.2 Å². The van der Waals surface area contributed by atoms with Gasteiger partial charge in [0.2, 0.25) is 0 Å². The van der Waals surface area contributed by atoms with E-state index in [9.17, 15) is 0 Å². The predicted octanol–water partition coefficient (Wildman–Crippen LogP) is 2.98. The average Bonchev–Trinajstić information content (AvgIpc) is 2.37. The number of hydrogen-bond donors (Lipinski definition) is 2. The summed E-state index contributed by atoms with van der Waals surface area (Å²) in [6, 6.07) is 8.32. The molecule has 0 spiro atoms. The molecule has 0 atom stereocenters. The van der Waals surface area contributed by atoms with Crippen LogP contribution in [0.5, 0.6) is 0 Å². The molecule has 7 heteroatoms. The van der Waals surface area contributed by atoms with Gasteiger partial charge in [-0.25, -0.2) is 0 Å². The van der Waals surface area contributed by atoms with E-state index in [0.29, 0.717) is 27.2 Å². The highest BCUT2D eigenvalue weighted by atomic mass is 35.5. The van der Waals surface area contributed by atoms with E-state index in [1.165, 1.54) is 0 Å². The third-order valence-electron chi connectivity index (χ3n) is 2.13. The molecule has 1 heterocycles. The molecule has 18 heavy (non-hydrogen) atoms. The van der Waals surface area contributed by atoms with E-state index in [-0.39, 0.29) is 5.69 Å². The molecule has 0 saturated carbocycles. The number of nitrogen functional groups attached to an aromatic ring is 1. The number of hydrogen-bond acceptors (Lipinski definition) is 5. The Morgan fingerprint density at radius 1 is 1.17 bits per heavy atom. The molecule has 90 valence electrons. The molecule has 1 aromatic heterocycles. The number of rotatable bonds is 2. The highest BCUT2D eigenvalue weighted by molar-refractivity contribution is 6.39. The van der Waals surface area contributed by atoms with Gasteiger partial charge in [-0.05, 0) is 24.3 Å². The number of anilines is 3. The van der Waals surface area contributed by atoms with Crippen molar-refractivity contribution in [1.29, 1.82) is 5.26 Å². The van der Waals surface area contributed by atoms with Crippen LogP contribution >= 0.6 is 23.2 Å². The summed E-state index contributed by atoms with van der Waals surface area (Å²) < 4.78 is 0. The third-order valence-corrected chi connectivity index (χ3v) is 2.76. The number of benzene rings is 1. The number of nitrogens with zero attached hydrogens (tertiary/aromatic N) is 3. The lowest BCUT2D eigenvalue weighted by atomic mass is 10.3. The van der Waals surface area contributed by atoms with Crippen molar-refractivity contribution < 1.29 is 0 Å². The Morgan fingerprint density at radius 3 is 2.33 bits per heavy atom.